The molecule has 1 N–H and O–H groups in total. The summed E-state index contributed by atoms with van der Waals surface area (Å²) in [6.07, 6.45) is -4.08. The molecular formula is C40H14BF20NO5. The number of hydrogen-bond acceptors (Lipinski definition) is 4. The van der Waals surface area contributed by atoms with Gasteiger partial charge in [-0.2, -0.15) is 4.57 Å². The van der Waals surface area contributed by atoms with Gasteiger partial charge in [0, 0.05) is 17.7 Å². The highest BCUT2D eigenvalue weighted by molar-refractivity contribution is 7.20. The summed E-state index contributed by atoms with van der Waals surface area (Å²) in [4.78, 5) is 33.9. The van der Waals surface area contributed by atoms with E-state index >= 15 is 35.1 Å². The molecule has 352 valence electrons. The molecule has 5 aromatic carbocycles. The fourth-order valence-electron chi connectivity index (χ4n) is 6.66. The van der Waals surface area contributed by atoms with Crippen molar-refractivity contribution < 1.29 is 117 Å². The van der Waals surface area contributed by atoms with Gasteiger partial charge in [0.15, 0.2) is 88.8 Å². The standard InChI is InChI=1S/C24BF20.C16H13NO5/c26-5-1(6(27)14(35)21(42)13(5)34)25(2-7(28)15(36)22(43)16(37)8(2)29,3-9(30)17(38)23(44)18(39)10(3)31)4-11(32)19(40)24(45)20(41)12(4)33;18-14(12-4-2-1-3-5-12)10-17-8-6-13(7-9-17)16(21)22-11-15(19)20/h;1-9H,10-11H2/q-1;/p+1. The van der Waals surface area contributed by atoms with E-state index in [4.69, 9.17) is 5.11 Å². The zero-order chi connectivity index (χ0) is 50.3. The van der Waals surface area contributed by atoms with Crippen molar-refractivity contribution in [3.63, 3.8) is 0 Å². The lowest BCUT2D eigenvalue weighted by atomic mass is 9.12. The SMILES string of the molecule is Fc1c(F)c(F)c([B-](c2c(F)c(F)c(F)c(F)c2F)(c2c(F)c(F)c(F)c(F)c2F)c2c(F)c(F)c(F)c(F)c2F)c(F)c1F.O=C(O)COC(=O)c1cc[n+](CC(=O)c2ccccc2)cc1. The van der Waals surface area contributed by atoms with Crippen molar-refractivity contribution in [3.8, 4) is 0 Å². The molecule has 0 radical (unpaired) electrons. The second-order valence-electron chi connectivity index (χ2n) is 13.3. The largest absolute Gasteiger partial charge is 0.479 e. The number of carboxylic acids is 1. The summed E-state index contributed by atoms with van der Waals surface area (Å²) in [5.74, 6) is -73.4. The molecule has 0 atom stereocenters. The summed E-state index contributed by atoms with van der Waals surface area (Å²) >= 11 is 0. The lowest BCUT2D eigenvalue weighted by molar-refractivity contribution is -0.683. The lowest BCUT2D eigenvalue weighted by Gasteiger charge is -2.44. The molecule has 27 heteroatoms. The smallest absolute Gasteiger partial charge is 0.341 e. The molecule has 0 saturated heterocycles. The number of carbonyl (C=O) groups is 3. The predicted octanol–water partition coefficient (Wildman–Crippen LogP) is 6.94. The Kier molecular flexibility index (Phi) is 14.5. The summed E-state index contributed by atoms with van der Waals surface area (Å²) in [6.45, 7) is -0.533. The number of ether oxygens (including phenoxy) is 1. The Labute approximate surface area is 357 Å². The van der Waals surface area contributed by atoms with E-state index in [-0.39, 0.29) is 17.9 Å². The zero-order valence-corrected chi connectivity index (χ0v) is 31.8. The molecule has 0 aliphatic carbocycles. The van der Waals surface area contributed by atoms with Gasteiger partial charge in [-0.05, 0) is 0 Å². The highest BCUT2D eigenvalue weighted by Crippen LogP contribution is 2.30. The minimum Gasteiger partial charge on any atom is -0.479 e. The number of benzene rings is 5. The van der Waals surface area contributed by atoms with Gasteiger partial charge in [-0.3, -0.25) is 4.79 Å². The van der Waals surface area contributed by atoms with Crippen molar-refractivity contribution in [2.24, 2.45) is 0 Å². The lowest BCUT2D eigenvalue weighted by Crippen LogP contribution is -2.81. The maximum absolute atomic E-state index is 15.4. The number of aromatic nitrogens is 1. The van der Waals surface area contributed by atoms with Crippen LogP contribution in [-0.2, 0) is 16.1 Å². The van der Waals surface area contributed by atoms with Crippen LogP contribution in [0.5, 0.6) is 0 Å². The summed E-state index contributed by atoms with van der Waals surface area (Å²) in [5, 5.41) is 8.44. The number of carboxylic acid groups (broad SMARTS) is 1. The van der Waals surface area contributed by atoms with Crippen LogP contribution in [0.1, 0.15) is 20.7 Å². The van der Waals surface area contributed by atoms with E-state index in [0.717, 1.165) is 0 Å². The van der Waals surface area contributed by atoms with Gasteiger partial charge in [-0.15, -0.1) is 21.9 Å². The Balaban J connectivity index is 0.000000319. The molecule has 0 spiro atoms. The van der Waals surface area contributed by atoms with Crippen LogP contribution in [0.2, 0.25) is 0 Å². The number of ketones is 1. The van der Waals surface area contributed by atoms with Crippen LogP contribution in [0.15, 0.2) is 54.9 Å². The van der Waals surface area contributed by atoms with E-state index < -0.39 is 163 Å². The first-order chi connectivity index (χ1) is 31.3. The fraction of sp³-hybridized carbons (Fsp3) is 0.0500. The Hall–Kier alpha value is -7.48. The monoisotopic (exact) mass is 979 g/mol. The second kappa shape index (κ2) is 19.2. The van der Waals surface area contributed by atoms with E-state index in [9.17, 15) is 67.1 Å². The van der Waals surface area contributed by atoms with Crippen LogP contribution in [0, 0.1) is 116 Å². The highest BCUT2D eigenvalue weighted by Gasteiger charge is 2.52. The van der Waals surface area contributed by atoms with Gasteiger partial charge in [0.25, 0.3) is 0 Å². The van der Waals surface area contributed by atoms with Gasteiger partial charge in [0.1, 0.15) is 52.7 Å². The van der Waals surface area contributed by atoms with Crippen LogP contribution in [-0.4, -0.2) is 35.6 Å². The van der Waals surface area contributed by atoms with Crippen molar-refractivity contribution in [1.29, 1.82) is 0 Å². The molecule has 6 rings (SSSR count). The van der Waals surface area contributed by atoms with E-state index in [1.807, 2.05) is 6.07 Å². The topological polar surface area (TPSA) is 84.6 Å². The van der Waals surface area contributed by atoms with Crippen LogP contribution >= 0.6 is 0 Å². The van der Waals surface area contributed by atoms with Crippen LogP contribution < -0.4 is 26.4 Å². The molecule has 6 aromatic rings. The van der Waals surface area contributed by atoms with Gasteiger partial charge in [-0.1, -0.05) is 30.3 Å². The maximum atomic E-state index is 15.4. The fourth-order valence-corrected chi connectivity index (χ4v) is 6.66. The second-order valence-corrected chi connectivity index (χ2v) is 13.3. The molecule has 1 aromatic heterocycles. The summed E-state index contributed by atoms with van der Waals surface area (Å²) in [5.41, 5.74) is -13.5. The Morgan fingerprint density at radius 2 is 0.672 bits per heavy atom. The normalized spacial score (nSPS) is 11.3. The molecule has 0 saturated carbocycles. The molecule has 6 nitrogen and oxygen atoms in total. The molecule has 0 bridgehead atoms. The molecule has 0 unspecified atom stereocenters. The average molecular weight is 979 g/mol. The number of hydrogen-bond donors (Lipinski definition) is 1. The van der Waals surface area contributed by atoms with Gasteiger partial charge in [-0.25, -0.2) is 97.4 Å². The first kappa shape index (κ1) is 50.5. The minimum absolute atomic E-state index is 0.0493. The van der Waals surface area contributed by atoms with Gasteiger partial charge in [0.05, 0.1) is 5.56 Å². The van der Waals surface area contributed by atoms with Gasteiger partial charge in [0.2, 0.25) is 12.3 Å². The maximum Gasteiger partial charge on any atom is 0.341 e. The molecule has 0 amide bonds. The number of aliphatic carboxylic acids is 1. The third kappa shape index (κ3) is 8.59. The minimum atomic E-state index is -7.22. The number of esters is 1. The summed E-state index contributed by atoms with van der Waals surface area (Å²) in [7, 11) is 0. The van der Waals surface area contributed by atoms with Gasteiger partial charge >= 0.3 is 11.9 Å². The molecule has 67 heavy (non-hydrogen) atoms. The molecule has 0 aliphatic rings. The van der Waals surface area contributed by atoms with E-state index in [1.54, 1.807) is 41.2 Å². The Bertz CT molecular complexity index is 2630. The number of halogens is 20. The molecular weight excluding hydrogens is 965 g/mol. The van der Waals surface area contributed by atoms with Crippen molar-refractivity contribution >= 4 is 45.7 Å². The van der Waals surface area contributed by atoms with E-state index in [0.29, 0.717) is 5.56 Å². The average Bonchev–Trinajstić information content (AvgIpc) is 3.31. The third-order valence-electron chi connectivity index (χ3n) is 9.58. The first-order valence-electron chi connectivity index (χ1n) is 17.5. The van der Waals surface area contributed by atoms with Crippen LogP contribution in [0.3, 0.4) is 0 Å². The van der Waals surface area contributed by atoms with E-state index in [2.05, 4.69) is 4.74 Å². The van der Waals surface area contributed by atoms with E-state index in [1.165, 1.54) is 12.1 Å². The summed E-state index contributed by atoms with van der Waals surface area (Å²) in [6, 6.07) is 11.8. The number of rotatable bonds is 10. The molecule has 0 fully saturated rings. The van der Waals surface area contributed by atoms with Crippen molar-refractivity contribution in [2.45, 2.75) is 6.54 Å². The van der Waals surface area contributed by atoms with Crippen LogP contribution in [0.25, 0.3) is 0 Å². The van der Waals surface area contributed by atoms with Crippen molar-refractivity contribution in [2.75, 3.05) is 6.61 Å². The Morgan fingerprint density at radius 1 is 0.403 bits per heavy atom. The Morgan fingerprint density at radius 3 is 0.940 bits per heavy atom. The van der Waals surface area contributed by atoms with Crippen LogP contribution in [0.4, 0.5) is 87.8 Å². The number of pyridine rings is 1. The summed E-state index contributed by atoms with van der Waals surface area (Å²) < 4.78 is 300. The van der Waals surface area contributed by atoms with Crippen molar-refractivity contribution in [1.82, 2.24) is 0 Å². The zero-order valence-electron chi connectivity index (χ0n) is 31.8. The molecule has 1 heterocycles. The number of carbonyl (C=O) groups excluding carboxylic acids is 2. The third-order valence-corrected chi connectivity index (χ3v) is 9.58. The highest BCUT2D eigenvalue weighted by atomic mass is 19.2. The first-order valence-corrected chi connectivity index (χ1v) is 17.5. The quantitative estimate of drug-likeness (QED) is 0.0306. The number of nitrogens with zero attached hydrogens (tertiary/aromatic N) is 1. The van der Waals surface area contributed by atoms with Crippen molar-refractivity contribution in [3.05, 3.63) is 182 Å². The molecule has 0 aliphatic heterocycles. The predicted molar refractivity (Wildman–Crippen MR) is 185 cm³/mol. The number of Topliss-reactive ketones (excluding diaryl/α,β-unsaturated/α-hetero) is 1. The van der Waals surface area contributed by atoms with Gasteiger partial charge < -0.3 is 9.84 Å².